The lowest BCUT2D eigenvalue weighted by atomic mass is 10.1. The normalized spacial score (nSPS) is 22.8. The fraction of sp³-hybridized carbons (Fsp3) is 0.833. The van der Waals surface area contributed by atoms with Crippen LogP contribution in [0.5, 0.6) is 0 Å². The summed E-state index contributed by atoms with van der Waals surface area (Å²) >= 11 is 0. The molecule has 0 aromatic rings. The molecule has 1 aliphatic carbocycles. The Kier molecular flexibility index (Phi) is 1.34. The Hall–Kier alpha value is -0.370. The van der Waals surface area contributed by atoms with Gasteiger partial charge >= 0.3 is 0 Å². The van der Waals surface area contributed by atoms with Gasteiger partial charge in [-0.15, -0.1) is 0 Å². The van der Waals surface area contributed by atoms with Crippen LogP contribution in [0, 0.1) is 11.3 Å². The Labute approximate surface area is 49.6 Å². The Morgan fingerprint density at radius 3 is 2.38 bits per heavy atom. The van der Waals surface area contributed by atoms with Gasteiger partial charge in [0.15, 0.2) is 0 Å². The summed E-state index contributed by atoms with van der Waals surface area (Å²) in [6.07, 6.45) is 2.39. The standard InChI is InChI=1S/C6H12N2/c1-4(7)6(8)5-2-3-5/h4-5,8H,2-3,7H2,1H3/t4-/m1/s1. The van der Waals surface area contributed by atoms with Crippen LogP contribution in [0.4, 0.5) is 0 Å². The second kappa shape index (κ2) is 1.86. The minimum atomic E-state index is -0.0116. The van der Waals surface area contributed by atoms with Crippen molar-refractivity contribution in [3.8, 4) is 0 Å². The predicted octanol–water partition coefficient (Wildman–Crippen LogP) is 0.763. The molecule has 0 heterocycles. The van der Waals surface area contributed by atoms with Gasteiger partial charge in [0.05, 0.1) is 0 Å². The first-order valence-electron chi connectivity index (χ1n) is 3.05. The van der Waals surface area contributed by atoms with Gasteiger partial charge in [0.1, 0.15) is 0 Å². The van der Waals surface area contributed by atoms with Gasteiger partial charge in [0, 0.05) is 11.8 Å². The van der Waals surface area contributed by atoms with E-state index >= 15 is 0 Å². The molecule has 2 heteroatoms. The summed E-state index contributed by atoms with van der Waals surface area (Å²) in [7, 11) is 0. The minimum absolute atomic E-state index is 0.0116. The maximum atomic E-state index is 7.34. The van der Waals surface area contributed by atoms with E-state index < -0.39 is 0 Å². The van der Waals surface area contributed by atoms with Gasteiger partial charge in [0.25, 0.3) is 0 Å². The lowest BCUT2D eigenvalue weighted by Crippen LogP contribution is -2.27. The van der Waals surface area contributed by atoms with Gasteiger partial charge in [-0.05, 0) is 25.7 Å². The first-order chi connectivity index (χ1) is 3.72. The molecule has 1 aliphatic rings. The van der Waals surface area contributed by atoms with Crippen molar-refractivity contribution in [3.63, 3.8) is 0 Å². The van der Waals surface area contributed by atoms with E-state index in [1.165, 1.54) is 12.8 Å². The number of nitrogens with two attached hydrogens (primary N) is 1. The molecular formula is C6H12N2. The highest BCUT2D eigenvalue weighted by molar-refractivity contribution is 5.90. The molecule has 0 saturated heterocycles. The summed E-state index contributed by atoms with van der Waals surface area (Å²) in [6.45, 7) is 1.88. The molecule has 0 bridgehead atoms. The molecule has 0 aliphatic heterocycles. The van der Waals surface area contributed by atoms with Crippen molar-refractivity contribution in [2.45, 2.75) is 25.8 Å². The quantitative estimate of drug-likeness (QED) is 0.509. The van der Waals surface area contributed by atoms with E-state index in [9.17, 15) is 0 Å². The number of hydrogen-bond acceptors (Lipinski definition) is 2. The fourth-order valence-corrected chi connectivity index (χ4v) is 0.766. The number of rotatable bonds is 2. The summed E-state index contributed by atoms with van der Waals surface area (Å²) in [5, 5.41) is 7.34. The van der Waals surface area contributed by atoms with Crippen LogP contribution in [-0.4, -0.2) is 11.8 Å². The average Bonchev–Trinajstić information content (AvgIpc) is 2.43. The van der Waals surface area contributed by atoms with Crippen LogP contribution in [0.3, 0.4) is 0 Å². The summed E-state index contributed by atoms with van der Waals surface area (Å²) in [6, 6.07) is -0.0116. The van der Waals surface area contributed by atoms with Gasteiger partial charge in [-0.2, -0.15) is 0 Å². The number of nitrogens with one attached hydrogen (secondary N) is 1. The highest BCUT2D eigenvalue weighted by Gasteiger charge is 2.27. The topological polar surface area (TPSA) is 49.9 Å². The summed E-state index contributed by atoms with van der Waals surface area (Å²) < 4.78 is 0. The molecule has 2 nitrogen and oxygen atoms in total. The van der Waals surface area contributed by atoms with Gasteiger partial charge in [0.2, 0.25) is 0 Å². The van der Waals surface area contributed by atoms with Gasteiger partial charge in [-0.25, -0.2) is 0 Å². The van der Waals surface area contributed by atoms with Crippen molar-refractivity contribution >= 4 is 5.71 Å². The van der Waals surface area contributed by atoms with Crippen LogP contribution in [0.1, 0.15) is 19.8 Å². The van der Waals surface area contributed by atoms with Crippen LogP contribution in [0.25, 0.3) is 0 Å². The molecule has 1 saturated carbocycles. The molecular weight excluding hydrogens is 100 g/mol. The second-order valence-corrected chi connectivity index (χ2v) is 2.52. The van der Waals surface area contributed by atoms with E-state index in [-0.39, 0.29) is 6.04 Å². The zero-order valence-electron chi connectivity index (χ0n) is 5.15. The molecule has 0 unspecified atom stereocenters. The molecule has 0 radical (unpaired) electrons. The molecule has 0 amide bonds. The lowest BCUT2D eigenvalue weighted by Gasteiger charge is -2.03. The van der Waals surface area contributed by atoms with Crippen molar-refractivity contribution in [2.24, 2.45) is 11.7 Å². The van der Waals surface area contributed by atoms with Crippen LogP contribution in [-0.2, 0) is 0 Å². The van der Waals surface area contributed by atoms with Gasteiger partial charge in [-0.1, -0.05) is 0 Å². The fourth-order valence-electron chi connectivity index (χ4n) is 0.766. The maximum Gasteiger partial charge on any atom is 0.0397 e. The third-order valence-electron chi connectivity index (χ3n) is 1.51. The summed E-state index contributed by atoms with van der Waals surface area (Å²) in [4.78, 5) is 0. The third-order valence-corrected chi connectivity index (χ3v) is 1.51. The molecule has 1 atom stereocenters. The second-order valence-electron chi connectivity index (χ2n) is 2.52. The molecule has 8 heavy (non-hydrogen) atoms. The van der Waals surface area contributed by atoms with E-state index in [2.05, 4.69) is 0 Å². The SMILES string of the molecule is C[C@@H](N)C(=N)C1CC1. The van der Waals surface area contributed by atoms with Crippen LogP contribution in [0.15, 0.2) is 0 Å². The van der Waals surface area contributed by atoms with Crippen molar-refractivity contribution in [1.29, 1.82) is 5.41 Å². The van der Waals surface area contributed by atoms with Crippen molar-refractivity contribution < 1.29 is 0 Å². The zero-order chi connectivity index (χ0) is 6.15. The summed E-state index contributed by atoms with van der Waals surface area (Å²) in [5.41, 5.74) is 6.19. The highest BCUT2D eigenvalue weighted by Crippen LogP contribution is 2.30. The third kappa shape index (κ3) is 1.07. The van der Waals surface area contributed by atoms with Crippen LogP contribution < -0.4 is 5.73 Å². The van der Waals surface area contributed by atoms with E-state index in [0.29, 0.717) is 5.92 Å². The van der Waals surface area contributed by atoms with Crippen molar-refractivity contribution in [3.05, 3.63) is 0 Å². The van der Waals surface area contributed by atoms with Gasteiger partial charge in [-0.3, -0.25) is 0 Å². The minimum Gasteiger partial charge on any atom is -0.323 e. The maximum absolute atomic E-state index is 7.34. The van der Waals surface area contributed by atoms with E-state index in [1.54, 1.807) is 0 Å². The lowest BCUT2D eigenvalue weighted by molar-refractivity contribution is 0.909. The Morgan fingerprint density at radius 1 is 1.75 bits per heavy atom. The zero-order valence-corrected chi connectivity index (χ0v) is 5.15. The Balaban J connectivity index is 2.33. The Bertz CT molecular complexity index is 99.1. The average molecular weight is 112 g/mol. The predicted molar refractivity (Wildman–Crippen MR) is 34.1 cm³/mol. The Morgan fingerprint density at radius 2 is 2.25 bits per heavy atom. The molecule has 46 valence electrons. The van der Waals surface area contributed by atoms with Crippen molar-refractivity contribution in [1.82, 2.24) is 0 Å². The smallest absolute Gasteiger partial charge is 0.0397 e. The highest BCUT2D eigenvalue weighted by atomic mass is 14.7. The molecule has 0 spiro atoms. The monoisotopic (exact) mass is 112 g/mol. The van der Waals surface area contributed by atoms with Crippen LogP contribution >= 0.6 is 0 Å². The number of hydrogen-bond donors (Lipinski definition) is 2. The molecule has 3 N–H and O–H groups in total. The summed E-state index contributed by atoms with van der Waals surface area (Å²) in [5.74, 6) is 0.551. The van der Waals surface area contributed by atoms with E-state index in [0.717, 1.165) is 5.71 Å². The largest absolute Gasteiger partial charge is 0.323 e. The van der Waals surface area contributed by atoms with Crippen molar-refractivity contribution in [2.75, 3.05) is 0 Å². The first-order valence-corrected chi connectivity index (χ1v) is 3.05. The molecule has 1 fully saturated rings. The molecule has 0 aromatic heterocycles. The van der Waals surface area contributed by atoms with Gasteiger partial charge < -0.3 is 11.1 Å². The molecule has 0 aromatic carbocycles. The van der Waals surface area contributed by atoms with E-state index in [4.69, 9.17) is 11.1 Å². The van der Waals surface area contributed by atoms with Crippen LogP contribution in [0.2, 0.25) is 0 Å². The first kappa shape index (κ1) is 5.76. The molecule has 1 rings (SSSR count). The van der Waals surface area contributed by atoms with E-state index in [1.807, 2.05) is 6.92 Å².